The second kappa shape index (κ2) is 6.95. The van der Waals surface area contributed by atoms with Crippen molar-refractivity contribution in [1.29, 1.82) is 0 Å². The van der Waals surface area contributed by atoms with E-state index in [1.54, 1.807) is 18.5 Å². The number of aliphatic hydroxyl groups excluding tert-OH is 3. The summed E-state index contributed by atoms with van der Waals surface area (Å²) in [7, 11) is 0. The summed E-state index contributed by atoms with van der Waals surface area (Å²) in [4.78, 5) is 15.0. The Kier molecular flexibility index (Phi) is 5.24. The lowest BCUT2D eigenvalue weighted by Crippen LogP contribution is -2.44. The third kappa shape index (κ3) is 3.56. The minimum atomic E-state index is -1.03. The van der Waals surface area contributed by atoms with Crippen LogP contribution in [-0.4, -0.2) is 63.7 Å². The van der Waals surface area contributed by atoms with Crippen molar-refractivity contribution in [2.24, 2.45) is 0 Å². The van der Waals surface area contributed by atoms with E-state index in [1.807, 2.05) is 6.07 Å². The van der Waals surface area contributed by atoms with E-state index in [9.17, 15) is 20.1 Å². The number of nitrogens with one attached hydrogen (secondary N) is 2. The molecular weight excluding hydrogens is 274 g/mol. The molecule has 1 aromatic heterocycles. The van der Waals surface area contributed by atoms with Crippen LogP contribution < -0.4 is 10.6 Å². The highest BCUT2D eigenvalue weighted by molar-refractivity contribution is 5.72. The van der Waals surface area contributed by atoms with Crippen LogP contribution in [0, 0.1) is 0 Å². The van der Waals surface area contributed by atoms with Crippen molar-refractivity contribution in [3.05, 3.63) is 30.1 Å². The molecule has 5 atom stereocenters. The van der Waals surface area contributed by atoms with Crippen molar-refractivity contribution >= 4 is 5.91 Å². The zero-order chi connectivity index (χ0) is 15.4. The zero-order valence-corrected chi connectivity index (χ0v) is 11.8. The van der Waals surface area contributed by atoms with Crippen molar-refractivity contribution in [3.8, 4) is 0 Å². The summed E-state index contributed by atoms with van der Waals surface area (Å²) in [5.74, 6) is -0.585. The molecule has 1 amide bonds. The highest BCUT2D eigenvalue weighted by Crippen LogP contribution is 2.27. The molecule has 1 fully saturated rings. The number of pyridine rings is 1. The Hall–Kier alpha value is -1.54. The molecule has 1 aromatic rings. The van der Waals surface area contributed by atoms with E-state index in [0.717, 1.165) is 5.56 Å². The Morgan fingerprint density at radius 3 is 2.81 bits per heavy atom. The molecule has 0 bridgehead atoms. The molecule has 0 spiro atoms. The van der Waals surface area contributed by atoms with Gasteiger partial charge in [-0.05, 0) is 11.6 Å². The van der Waals surface area contributed by atoms with E-state index in [-0.39, 0.29) is 25.0 Å². The molecule has 0 aromatic carbocycles. The average Bonchev–Trinajstić information content (AvgIpc) is 2.76. The second-order valence-electron chi connectivity index (χ2n) is 5.29. The molecule has 1 unspecified atom stereocenters. The molecule has 1 aliphatic rings. The van der Waals surface area contributed by atoms with Gasteiger partial charge in [-0.1, -0.05) is 6.07 Å². The topological polar surface area (TPSA) is 115 Å². The highest BCUT2D eigenvalue weighted by atomic mass is 16.3. The van der Waals surface area contributed by atoms with Crippen LogP contribution >= 0.6 is 0 Å². The molecule has 2 heterocycles. The lowest BCUT2D eigenvalue weighted by Gasteiger charge is -2.25. The summed E-state index contributed by atoms with van der Waals surface area (Å²) in [5, 5.41) is 35.6. The van der Waals surface area contributed by atoms with Gasteiger partial charge in [0.05, 0.1) is 24.9 Å². The molecule has 1 saturated heterocycles. The number of aromatic nitrogens is 1. The van der Waals surface area contributed by atoms with Gasteiger partial charge in [-0.15, -0.1) is 0 Å². The fourth-order valence-corrected chi connectivity index (χ4v) is 2.70. The van der Waals surface area contributed by atoms with Crippen LogP contribution in [0.4, 0.5) is 0 Å². The van der Waals surface area contributed by atoms with Gasteiger partial charge >= 0.3 is 0 Å². The van der Waals surface area contributed by atoms with Gasteiger partial charge in [0.2, 0.25) is 5.91 Å². The van der Waals surface area contributed by atoms with Gasteiger partial charge < -0.3 is 26.0 Å². The minimum Gasteiger partial charge on any atom is -0.396 e. The fraction of sp³-hybridized carbons (Fsp3) is 0.571. The van der Waals surface area contributed by atoms with Gasteiger partial charge in [-0.3, -0.25) is 9.78 Å². The molecule has 0 aliphatic carbocycles. The number of hydrogen-bond acceptors (Lipinski definition) is 6. The van der Waals surface area contributed by atoms with Gasteiger partial charge in [0.25, 0.3) is 0 Å². The summed E-state index contributed by atoms with van der Waals surface area (Å²) in [6.45, 7) is 1.43. The van der Waals surface area contributed by atoms with Crippen LogP contribution in [0.3, 0.4) is 0 Å². The van der Waals surface area contributed by atoms with Gasteiger partial charge in [0, 0.05) is 37.8 Å². The Bertz CT molecular complexity index is 471. The number of rotatable bonds is 5. The number of nitrogens with zero attached hydrogens (tertiary/aromatic N) is 1. The van der Waals surface area contributed by atoms with Crippen LogP contribution in [0.1, 0.15) is 18.4 Å². The molecule has 7 heteroatoms. The number of carbonyl (C=O) groups excluding carboxylic acids is 1. The van der Waals surface area contributed by atoms with Crippen molar-refractivity contribution in [1.82, 2.24) is 15.6 Å². The first-order valence-corrected chi connectivity index (χ1v) is 6.92. The third-order valence-electron chi connectivity index (χ3n) is 3.85. The summed E-state index contributed by atoms with van der Waals surface area (Å²) in [6.07, 6.45) is 1.22. The van der Waals surface area contributed by atoms with Crippen molar-refractivity contribution in [2.75, 3.05) is 13.2 Å². The monoisotopic (exact) mass is 295 g/mol. The summed E-state index contributed by atoms with van der Waals surface area (Å²) in [5.41, 5.74) is 0.781. The van der Waals surface area contributed by atoms with Crippen LogP contribution in [0.5, 0.6) is 0 Å². The van der Waals surface area contributed by atoms with E-state index in [2.05, 4.69) is 15.6 Å². The Morgan fingerprint density at radius 1 is 1.48 bits per heavy atom. The van der Waals surface area contributed by atoms with Crippen LogP contribution in [0.15, 0.2) is 24.5 Å². The van der Waals surface area contributed by atoms with Gasteiger partial charge in [0.1, 0.15) is 0 Å². The highest BCUT2D eigenvalue weighted by Gasteiger charge is 2.44. The van der Waals surface area contributed by atoms with E-state index >= 15 is 0 Å². The van der Waals surface area contributed by atoms with E-state index in [1.165, 1.54) is 6.92 Å². The summed E-state index contributed by atoms with van der Waals surface area (Å²) in [6, 6.07) is 2.60. The van der Waals surface area contributed by atoms with Gasteiger partial charge in [-0.2, -0.15) is 0 Å². The molecule has 0 saturated carbocycles. The molecule has 1 aliphatic heterocycles. The maximum atomic E-state index is 11.0. The Labute approximate surface area is 123 Å². The summed E-state index contributed by atoms with van der Waals surface area (Å²) >= 11 is 0. The first-order valence-electron chi connectivity index (χ1n) is 6.92. The number of hydrogen-bond donors (Lipinski definition) is 5. The first kappa shape index (κ1) is 15.8. The van der Waals surface area contributed by atoms with Crippen LogP contribution in [0.2, 0.25) is 0 Å². The zero-order valence-electron chi connectivity index (χ0n) is 11.8. The van der Waals surface area contributed by atoms with Crippen molar-refractivity contribution < 1.29 is 20.1 Å². The fourth-order valence-electron chi connectivity index (χ4n) is 2.70. The smallest absolute Gasteiger partial charge is 0.216 e. The van der Waals surface area contributed by atoms with E-state index in [4.69, 9.17) is 0 Å². The maximum Gasteiger partial charge on any atom is 0.216 e. The average molecular weight is 295 g/mol. The molecule has 7 nitrogen and oxygen atoms in total. The Balaban J connectivity index is 2.10. The number of carbonyl (C=O) groups is 1. The number of amides is 1. The third-order valence-corrected chi connectivity index (χ3v) is 3.85. The molecule has 0 radical (unpaired) electrons. The quantitative estimate of drug-likeness (QED) is 0.445. The molecule has 2 rings (SSSR count). The molecular formula is C14H21N3O4. The molecule has 5 N–H and O–H groups in total. The normalized spacial score (nSPS) is 30.1. The largest absolute Gasteiger partial charge is 0.396 e. The molecule has 116 valence electrons. The predicted molar refractivity (Wildman–Crippen MR) is 75.5 cm³/mol. The molecule has 21 heavy (non-hydrogen) atoms. The van der Waals surface area contributed by atoms with Crippen molar-refractivity contribution in [3.63, 3.8) is 0 Å². The second-order valence-corrected chi connectivity index (χ2v) is 5.29. The lowest BCUT2D eigenvalue weighted by molar-refractivity contribution is -0.119. The van der Waals surface area contributed by atoms with Crippen LogP contribution in [-0.2, 0) is 4.79 Å². The van der Waals surface area contributed by atoms with Crippen LogP contribution in [0.25, 0.3) is 0 Å². The Morgan fingerprint density at radius 2 is 2.24 bits per heavy atom. The standard InChI is InChI=1S/C14H21N3O4/c1-8(19)16-6-11-13(20)14(21)12(17-11)10(7-18)9-3-2-4-15-5-9/h2-5,10-14,17-18,20-21H,6-7H2,1H3,(H,16,19)/t10?,11-,12-,13-,14-/m1/s1. The predicted octanol–water partition coefficient (Wildman–Crippen LogP) is -1.64. The lowest BCUT2D eigenvalue weighted by atomic mass is 9.90. The van der Waals surface area contributed by atoms with Gasteiger partial charge in [-0.25, -0.2) is 0 Å². The first-order chi connectivity index (χ1) is 10.0. The summed E-state index contributed by atoms with van der Waals surface area (Å²) < 4.78 is 0. The van der Waals surface area contributed by atoms with Crippen molar-refractivity contribution in [2.45, 2.75) is 37.1 Å². The minimum absolute atomic E-state index is 0.181. The number of aliphatic hydroxyl groups is 3. The van der Waals surface area contributed by atoms with E-state index in [0.29, 0.717) is 0 Å². The SMILES string of the molecule is CC(=O)NC[C@H]1N[C@H](C(CO)c2cccnc2)[C@@H](O)[C@@H]1O. The maximum absolute atomic E-state index is 11.0. The van der Waals surface area contributed by atoms with Gasteiger partial charge in [0.15, 0.2) is 0 Å². The van der Waals surface area contributed by atoms with E-state index < -0.39 is 24.3 Å².